The first-order valence-corrected chi connectivity index (χ1v) is 10.2. The second kappa shape index (κ2) is 8.51. The fourth-order valence-corrected chi connectivity index (χ4v) is 4.24. The van der Waals surface area contributed by atoms with Crippen LogP contribution in [0.4, 0.5) is 11.5 Å². The highest BCUT2D eigenvalue weighted by Crippen LogP contribution is 2.36. The van der Waals surface area contributed by atoms with E-state index < -0.39 is 0 Å². The molecule has 30 heavy (non-hydrogen) atoms. The van der Waals surface area contributed by atoms with E-state index in [9.17, 15) is 4.79 Å². The van der Waals surface area contributed by atoms with Crippen LogP contribution in [0, 0.1) is 13.8 Å². The van der Waals surface area contributed by atoms with Gasteiger partial charge in [-0.05, 0) is 42.7 Å². The number of methoxy groups -OCH3 is 1. The van der Waals surface area contributed by atoms with E-state index in [1.54, 1.807) is 7.11 Å². The molecule has 1 N–H and O–H groups in total. The summed E-state index contributed by atoms with van der Waals surface area (Å²) in [6, 6.07) is 15.5. The van der Waals surface area contributed by atoms with Crippen LogP contribution in [-0.4, -0.2) is 23.0 Å². The van der Waals surface area contributed by atoms with E-state index in [0.29, 0.717) is 16.4 Å². The minimum absolute atomic E-state index is 0.227. The summed E-state index contributed by atoms with van der Waals surface area (Å²) < 4.78 is 11.0. The molecule has 0 atom stereocenters. The van der Waals surface area contributed by atoms with Crippen LogP contribution in [0.3, 0.4) is 0 Å². The average molecular weight is 420 g/mol. The molecule has 2 heterocycles. The van der Waals surface area contributed by atoms with Crippen LogP contribution >= 0.6 is 11.3 Å². The zero-order chi connectivity index (χ0) is 21.1. The van der Waals surface area contributed by atoms with Crippen molar-refractivity contribution in [2.24, 2.45) is 0 Å². The summed E-state index contributed by atoms with van der Waals surface area (Å²) in [5, 5.41) is 4.14. The van der Waals surface area contributed by atoms with Gasteiger partial charge in [0, 0.05) is 0 Å². The van der Waals surface area contributed by atoms with Crippen molar-refractivity contribution in [2.75, 3.05) is 12.4 Å². The molecule has 2 aromatic carbocycles. The number of esters is 1. The smallest absolute Gasteiger partial charge is 0.349 e. The van der Waals surface area contributed by atoms with Gasteiger partial charge in [0.05, 0.1) is 18.2 Å². The van der Waals surface area contributed by atoms with Crippen LogP contribution in [0.5, 0.6) is 5.75 Å². The van der Waals surface area contributed by atoms with Crippen molar-refractivity contribution in [2.45, 2.75) is 20.5 Å². The first kappa shape index (κ1) is 19.8. The Labute approximate surface area is 178 Å². The van der Waals surface area contributed by atoms with E-state index >= 15 is 0 Å². The highest BCUT2D eigenvalue weighted by Gasteiger charge is 2.21. The summed E-state index contributed by atoms with van der Waals surface area (Å²) in [4.78, 5) is 22.7. The lowest BCUT2D eigenvalue weighted by Crippen LogP contribution is -2.04. The topological polar surface area (TPSA) is 73.3 Å². The fraction of sp³-hybridized carbons (Fsp3) is 0.174. The van der Waals surface area contributed by atoms with Crippen LogP contribution in [0.1, 0.15) is 26.4 Å². The molecule has 0 spiro atoms. The van der Waals surface area contributed by atoms with Crippen LogP contribution in [-0.2, 0) is 11.3 Å². The van der Waals surface area contributed by atoms with Gasteiger partial charge in [-0.3, -0.25) is 0 Å². The molecule has 2 aromatic heterocycles. The molecule has 0 amide bonds. The van der Waals surface area contributed by atoms with Crippen molar-refractivity contribution in [3.05, 3.63) is 76.4 Å². The number of hydrogen-bond acceptors (Lipinski definition) is 7. The number of anilines is 2. The largest absolute Gasteiger partial charge is 0.495 e. The van der Waals surface area contributed by atoms with E-state index in [0.717, 1.165) is 32.6 Å². The molecule has 4 aromatic rings. The molecule has 152 valence electrons. The number of aromatic nitrogens is 2. The normalized spacial score (nSPS) is 10.8. The maximum Gasteiger partial charge on any atom is 0.349 e. The molecule has 0 saturated heterocycles. The number of nitrogens with one attached hydrogen (secondary N) is 1. The van der Waals surface area contributed by atoms with Crippen molar-refractivity contribution >= 4 is 39.0 Å². The van der Waals surface area contributed by atoms with Gasteiger partial charge in [0.25, 0.3) is 0 Å². The Balaban J connectivity index is 1.65. The molecule has 0 aliphatic carbocycles. The monoisotopic (exact) mass is 419 g/mol. The number of benzene rings is 2. The maximum atomic E-state index is 12.7. The molecule has 4 rings (SSSR count). The summed E-state index contributed by atoms with van der Waals surface area (Å²) in [5.41, 5.74) is 3.63. The van der Waals surface area contributed by atoms with Gasteiger partial charge in [0.2, 0.25) is 0 Å². The van der Waals surface area contributed by atoms with E-state index in [1.807, 2.05) is 62.4 Å². The molecule has 0 radical (unpaired) electrons. The molecule has 0 fully saturated rings. The zero-order valence-corrected chi connectivity index (χ0v) is 17.7. The number of rotatable bonds is 6. The highest BCUT2D eigenvalue weighted by molar-refractivity contribution is 7.20. The lowest BCUT2D eigenvalue weighted by atomic mass is 10.1. The Hall–Kier alpha value is -3.45. The number of hydrogen-bond donors (Lipinski definition) is 1. The predicted octanol–water partition coefficient (Wildman–Crippen LogP) is 5.42. The van der Waals surface area contributed by atoms with E-state index in [4.69, 9.17) is 9.47 Å². The van der Waals surface area contributed by atoms with Gasteiger partial charge < -0.3 is 14.8 Å². The number of carbonyl (C=O) groups is 1. The van der Waals surface area contributed by atoms with Crippen LogP contribution in [0.2, 0.25) is 0 Å². The zero-order valence-electron chi connectivity index (χ0n) is 16.9. The highest BCUT2D eigenvalue weighted by atomic mass is 32.1. The molecule has 0 aliphatic heterocycles. The molecule has 6 nitrogen and oxygen atoms in total. The van der Waals surface area contributed by atoms with E-state index in [-0.39, 0.29) is 12.6 Å². The van der Waals surface area contributed by atoms with Gasteiger partial charge in [-0.1, -0.05) is 36.4 Å². The van der Waals surface area contributed by atoms with Gasteiger partial charge in [-0.15, -0.1) is 11.3 Å². The molecule has 0 bridgehead atoms. The Kier molecular flexibility index (Phi) is 5.63. The van der Waals surface area contributed by atoms with Crippen molar-refractivity contribution < 1.29 is 14.3 Å². The fourth-order valence-electron chi connectivity index (χ4n) is 3.20. The second-order valence-corrected chi connectivity index (χ2v) is 7.85. The summed E-state index contributed by atoms with van der Waals surface area (Å²) in [6.07, 6.45) is 1.49. The number of nitrogens with zero attached hydrogens (tertiary/aromatic N) is 2. The van der Waals surface area contributed by atoms with Crippen molar-refractivity contribution in [1.82, 2.24) is 9.97 Å². The third kappa shape index (κ3) is 3.97. The first-order chi connectivity index (χ1) is 14.6. The Morgan fingerprint density at radius 2 is 1.90 bits per heavy atom. The molecular weight excluding hydrogens is 398 g/mol. The predicted molar refractivity (Wildman–Crippen MR) is 119 cm³/mol. The molecule has 0 saturated carbocycles. The van der Waals surface area contributed by atoms with E-state index in [1.165, 1.54) is 17.7 Å². The molecule has 7 heteroatoms. The lowest BCUT2D eigenvalue weighted by Gasteiger charge is -2.12. The van der Waals surface area contributed by atoms with Crippen molar-refractivity contribution in [1.29, 1.82) is 0 Å². The SMILES string of the molecule is COc1ccc(C)cc1Nc1ncnc2sc(C(=O)OCc3ccccc3)c(C)c12. The van der Waals surface area contributed by atoms with Crippen LogP contribution < -0.4 is 10.1 Å². The second-order valence-electron chi connectivity index (χ2n) is 6.85. The summed E-state index contributed by atoms with van der Waals surface area (Å²) in [5.74, 6) is 0.973. The van der Waals surface area contributed by atoms with Crippen molar-refractivity contribution in [3.63, 3.8) is 0 Å². The number of fused-ring (bicyclic) bond motifs is 1. The Morgan fingerprint density at radius 1 is 1.10 bits per heavy atom. The van der Waals surface area contributed by atoms with Gasteiger partial charge >= 0.3 is 5.97 Å². The maximum absolute atomic E-state index is 12.7. The van der Waals surface area contributed by atoms with Crippen molar-refractivity contribution in [3.8, 4) is 5.75 Å². The third-order valence-corrected chi connectivity index (χ3v) is 5.91. The minimum atomic E-state index is -0.363. The number of carbonyl (C=O) groups excluding carboxylic acids is 1. The number of aryl methyl sites for hydroxylation is 2. The van der Waals surface area contributed by atoms with Crippen LogP contribution in [0.25, 0.3) is 10.2 Å². The minimum Gasteiger partial charge on any atom is -0.495 e. The van der Waals surface area contributed by atoms with Gasteiger partial charge in [0.1, 0.15) is 34.2 Å². The van der Waals surface area contributed by atoms with Gasteiger partial charge in [-0.25, -0.2) is 14.8 Å². The Bertz CT molecular complexity index is 1210. The molecule has 0 unspecified atom stereocenters. The van der Waals surface area contributed by atoms with Gasteiger partial charge in [-0.2, -0.15) is 0 Å². The van der Waals surface area contributed by atoms with Crippen LogP contribution in [0.15, 0.2) is 54.9 Å². The number of ether oxygens (including phenoxy) is 2. The third-order valence-electron chi connectivity index (χ3n) is 4.73. The summed E-state index contributed by atoms with van der Waals surface area (Å²) in [7, 11) is 1.63. The van der Waals surface area contributed by atoms with E-state index in [2.05, 4.69) is 15.3 Å². The average Bonchev–Trinajstić information content (AvgIpc) is 3.10. The van der Waals surface area contributed by atoms with Gasteiger partial charge in [0.15, 0.2) is 0 Å². The molecular formula is C23H21N3O3S. The summed E-state index contributed by atoms with van der Waals surface area (Å²) >= 11 is 1.31. The quantitative estimate of drug-likeness (QED) is 0.421. The summed E-state index contributed by atoms with van der Waals surface area (Å²) in [6.45, 7) is 4.13. The lowest BCUT2D eigenvalue weighted by molar-refractivity contribution is 0.0478. The standard InChI is InChI=1S/C23H21N3O3S/c1-14-9-10-18(28-3)17(11-14)26-21-19-15(2)20(30-22(19)25-13-24-21)23(27)29-12-16-7-5-4-6-8-16/h4-11,13H,12H2,1-3H3,(H,24,25,26). The first-order valence-electron chi connectivity index (χ1n) is 9.43. The Morgan fingerprint density at radius 3 is 2.67 bits per heavy atom. The number of thiophene rings is 1. The molecule has 0 aliphatic rings.